The highest BCUT2D eigenvalue weighted by Gasteiger charge is 2.35. The number of likely N-dealkylation sites (tertiary alicyclic amines) is 1. The predicted molar refractivity (Wildman–Crippen MR) is 66.4 cm³/mol. The highest BCUT2D eigenvalue weighted by atomic mass is 16.5. The molecule has 1 amide bonds. The molecule has 2 N–H and O–H groups in total. The van der Waals surface area contributed by atoms with Crippen molar-refractivity contribution >= 4 is 5.91 Å². The molecule has 3 unspecified atom stereocenters. The topological polar surface area (TPSA) is 55.6 Å². The molecule has 0 spiro atoms. The van der Waals surface area contributed by atoms with E-state index in [9.17, 15) is 4.79 Å². The van der Waals surface area contributed by atoms with Gasteiger partial charge in [-0.2, -0.15) is 0 Å². The molecule has 2 saturated heterocycles. The van der Waals surface area contributed by atoms with Crippen LogP contribution in [-0.2, 0) is 9.53 Å². The first kappa shape index (κ1) is 12.8. The van der Waals surface area contributed by atoms with E-state index in [0.29, 0.717) is 17.8 Å². The molecule has 2 heterocycles. The van der Waals surface area contributed by atoms with Gasteiger partial charge in [-0.1, -0.05) is 13.8 Å². The number of rotatable bonds is 2. The number of carbonyl (C=O) groups excluding carboxylic acids is 1. The first-order valence-electron chi connectivity index (χ1n) is 6.71. The lowest BCUT2D eigenvalue weighted by Crippen LogP contribution is -2.48. The number of ether oxygens (including phenoxy) is 1. The Morgan fingerprint density at radius 2 is 1.76 bits per heavy atom. The van der Waals surface area contributed by atoms with E-state index in [0.717, 1.165) is 39.1 Å². The van der Waals surface area contributed by atoms with E-state index < -0.39 is 0 Å². The molecule has 0 radical (unpaired) electrons. The second-order valence-electron chi connectivity index (χ2n) is 5.67. The van der Waals surface area contributed by atoms with Crippen molar-refractivity contribution in [1.29, 1.82) is 0 Å². The van der Waals surface area contributed by atoms with Gasteiger partial charge in [0.2, 0.25) is 5.91 Å². The van der Waals surface area contributed by atoms with Gasteiger partial charge in [-0.3, -0.25) is 4.79 Å². The van der Waals surface area contributed by atoms with Crippen LogP contribution < -0.4 is 5.73 Å². The fraction of sp³-hybridized carbons (Fsp3) is 0.923. The molecular weight excluding hydrogens is 216 g/mol. The van der Waals surface area contributed by atoms with Crippen LogP contribution in [0.4, 0.5) is 0 Å². The molecule has 2 fully saturated rings. The van der Waals surface area contributed by atoms with Gasteiger partial charge in [-0.05, 0) is 30.6 Å². The van der Waals surface area contributed by atoms with Crippen molar-refractivity contribution in [2.45, 2.75) is 32.7 Å². The molecular formula is C13H24N2O2. The Labute approximate surface area is 103 Å². The van der Waals surface area contributed by atoms with Gasteiger partial charge in [0, 0.05) is 26.3 Å². The zero-order valence-corrected chi connectivity index (χ0v) is 10.9. The van der Waals surface area contributed by atoms with Crippen molar-refractivity contribution in [2.24, 2.45) is 23.5 Å². The molecule has 0 aromatic heterocycles. The zero-order chi connectivity index (χ0) is 12.4. The van der Waals surface area contributed by atoms with E-state index in [1.165, 1.54) is 0 Å². The minimum absolute atomic E-state index is 0.146. The van der Waals surface area contributed by atoms with E-state index in [-0.39, 0.29) is 11.9 Å². The van der Waals surface area contributed by atoms with Crippen molar-refractivity contribution in [3.8, 4) is 0 Å². The van der Waals surface area contributed by atoms with Gasteiger partial charge >= 0.3 is 0 Å². The number of hydrogen-bond acceptors (Lipinski definition) is 3. The predicted octanol–water partition coefficient (Wildman–Crippen LogP) is 0.855. The van der Waals surface area contributed by atoms with Gasteiger partial charge in [0.15, 0.2) is 0 Å². The van der Waals surface area contributed by atoms with E-state index >= 15 is 0 Å². The number of nitrogens with zero attached hydrogens (tertiary/aromatic N) is 1. The van der Waals surface area contributed by atoms with Gasteiger partial charge in [0.05, 0.1) is 6.04 Å². The van der Waals surface area contributed by atoms with Crippen LogP contribution in [0.25, 0.3) is 0 Å². The van der Waals surface area contributed by atoms with Crippen LogP contribution in [0.3, 0.4) is 0 Å². The fourth-order valence-electron chi connectivity index (χ4n) is 2.80. The average molecular weight is 240 g/mol. The molecule has 4 heteroatoms. The molecule has 3 atom stereocenters. The summed E-state index contributed by atoms with van der Waals surface area (Å²) in [5.41, 5.74) is 6.12. The minimum Gasteiger partial charge on any atom is -0.381 e. The van der Waals surface area contributed by atoms with Crippen LogP contribution in [0.5, 0.6) is 0 Å². The minimum atomic E-state index is -0.323. The summed E-state index contributed by atoms with van der Waals surface area (Å²) >= 11 is 0. The Balaban J connectivity index is 1.90. The standard InChI is InChI=1S/C13H24N2O2/c1-9-7-15(8-10(9)2)13(16)12(14)11-3-5-17-6-4-11/h9-12H,3-8,14H2,1-2H3. The highest BCUT2D eigenvalue weighted by molar-refractivity contribution is 5.82. The van der Waals surface area contributed by atoms with Crippen molar-refractivity contribution in [3.05, 3.63) is 0 Å². The average Bonchev–Trinajstić information content (AvgIpc) is 2.69. The van der Waals surface area contributed by atoms with Crippen LogP contribution in [0.2, 0.25) is 0 Å². The molecule has 4 nitrogen and oxygen atoms in total. The van der Waals surface area contributed by atoms with Gasteiger partial charge < -0.3 is 15.4 Å². The summed E-state index contributed by atoms with van der Waals surface area (Å²) in [5.74, 6) is 1.65. The quantitative estimate of drug-likeness (QED) is 0.778. The Kier molecular flexibility index (Phi) is 4.05. The summed E-state index contributed by atoms with van der Waals surface area (Å²) < 4.78 is 5.31. The first-order chi connectivity index (χ1) is 8.09. The molecule has 17 heavy (non-hydrogen) atoms. The highest BCUT2D eigenvalue weighted by Crippen LogP contribution is 2.25. The molecule has 0 aromatic rings. The third kappa shape index (κ3) is 2.80. The van der Waals surface area contributed by atoms with Crippen molar-refractivity contribution in [1.82, 2.24) is 4.90 Å². The lowest BCUT2D eigenvalue weighted by molar-refractivity contribution is -0.133. The fourth-order valence-corrected chi connectivity index (χ4v) is 2.80. The summed E-state index contributed by atoms with van der Waals surface area (Å²) in [4.78, 5) is 14.2. The summed E-state index contributed by atoms with van der Waals surface area (Å²) in [6, 6.07) is -0.323. The summed E-state index contributed by atoms with van der Waals surface area (Å²) in [6.45, 7) is 7.65. The van der Waals surface area contributed by atoms with Crippen molar-refractivity contribution in [3.63, 3.8) is 0 Å². The molecule has 0 aliphatic carbocycles. The number of carbonyl (C=O) groups is 1. The van der Waals surface area contributed by atoms with Crippen LogP contribution in [0, 0.1) is 17.8 Å². The van der Waals surface area contributed by atoms with Crippen molar-refractivity contribution in [2.75, 3.05) is 26.3 Å². The third-order valence-corrected chi connectivity index (χ3v) is 4.36. The van der Waals surface area contributed by atoms with Gasteiger partial charge in [0.1, 0.15) is 0 Å². The van der Waals surface area contributed by atoms with Gasteiger partial charge in [0.25, 0.3) is 0 Å². The molecule has 98 valence electrons. The lowest BCUT2D eigenvalue weighted by Gasteiger charge is -2.29. The normalized spacial score (nSPS) is 32.8. The maximum absolute atomic E-state index is 12.3. The number of nitrogens with two attached hydrogens (primary N) is 1. The first-order valence-corrected chi connectivity index (χ1v) is 6.71. The lowest BCUT2D eigenvalue weighted by atomic mass is 9.91. The largest absolute Gasteiger partial charge is 0.381 e. The summed E-state index contributed by atoms with van der Waals surface area (Å²) in [7, 11) is 0. The Hall–Kier alpha value is -0.610. The number of hydrogen-bond donors (Lipinski definition) is 1. The van der Waals surface area contributed by atoms with Crippen LogP contribution in [0.15, 0.2) is 0 Å². The Morgan fingerprint density at radius 3 is 2.29 bits per heavy atom. The second-order valence-corrected chi connectivity index (χ2v) is 5.67. The summed E-state index contributed by atoms with van der Waals surface area (Å²) in [6.07, 6.45) is 1.84. The van der Waals surface area contributed by atoms with Crippen LogP contribution in [0.1, 0.15) is 26.7 Å². The molecule has 2 aliphatic heterocycles. The zero-order valence-electron chi connectivity index (χ0n) is 10.9. The van der Waals surface area contributed by atoms with Crippen LogP contribution >= 0.6 is 0 Å². The van der Waals surface area contributed by atoms with E-state index in [1.54, 1.807) is 0 Å². The van der Waals surface area contributed by atoms with Gasteiger partial charge in [-0.15, -0.1) is 0 Å². The van der Waals surface area contributed by atoms with E-state index in [4.69, 9.17) is 10.5 Å². The molecule has 0 aromatic carbocycles. The monoisotopic (exact) mass is 240 g/mol. The van der Waals surface area contributed by atoms with E-state index in [1.807, 2.05) is 4.90 Å². The van der Waals surface area contributed by atoms with E-state index in [2.05, 4.69) is 13.8 Å². The maximum Gasteiger partial charge on any atom is 0.239 e. The second kappa shape index (κ2) is 5.36. The summed E-state index contributed by atoms with van der Waals surface area (Å²) in [5, 5.41) is 0. The Bertz CT molecular complexity index is 267. The number of amides is 1. The van der Waals surface area contributed by atoms with Gasteiger partial charge in [-0.25, -0.2) is 0 Å². The maximum atomic E-state index is 12.3. The third-order valence-electron chi connectivity index (χ3n) is 4.36. The molecule has 2 rings (SSSR count). The molecule has 0 saturated carbocycles. The molecule has 0 bridgehead atoms. The SMILES string of the molecule is CC1CN(C(=O)C(N)C2CCOCC2)CC1C. The van der Waals surface area contributed by atoms with Crippen molar-refractivity contribution < 1.29 is 9.53 Å². The van der Waals surface area contributed by atoms with Crippen LogP contribution in [-0.4, -0.2) is 43.2 Å². The molecule has 2 aliphatic rings. The smallest absolute Gasteiger partial charge is 0.239 e. The Morgan fingerprint density at radius 1 is 1.24 bits per heavy atom.